The number of halogens is 1. The molecule has 2 rings (SSSR count). The average Bonchev–Trinajstić information content (AvgIpc) is 2.60. The zero-order valence-electron chi connectivity index (χ0n) is 14.5. The Kier molecular flexibility index (Phi) is 6.98. The van der Waals surface area contributed by atoms with Gasteiger partial charge in [0, 0.05) is 5.56 Å². The number of aryl methyl sites for hydroxylation is 1. The first-order valence-corrected chi connectivity index (χ1v) is 8.71. The molecule has 0 saturated carbocycles. The summed E-state index contributed by atoms with van der Waals surface area (Å²) in [7, 11) is 0. The summed E-state index contributed by atoms with van der Waals surface area (Å²) in [6.45, 7) is 4.52. The molecule has 0 atom stereocenters. The second-order valence-corrected chi connectivity index (χ2v) is 5.98. The standard InChI is InChI=1S/C21H25FO2/c1-3-5-6-7-16-8-13-19(20(22)15-16)17-9-11-18(12-10-17)21(23)24-14-4-2/h8-13,15H,3-7,14H2,1-2H3. The molecule has 0 amide bonds. The van der Waals surface area contributed by atoms with Crippen LogP contribution < -0.4 is 0 Å². The summed E-state index contributed by atoms with van der Waals surface area (Å²) in [5, 5.41) is 0. The molecular weight excluding hydrogens is 303 g/mol. The van der Waals surface area contributed by atoms with Crippen molar-refractivity contribution in [3.63, 3.8) is 0 Å². The summed E-state index contributed by atoms with van der Waals surface area (Å²) >= 11 is 0. The Morgan fingerprint density at radius 3 is 2.38 bits per heavy atom. The van der Waals surface area contributed by atoms with Crippen molar-refractivity contribution in [2.45, 2.75) is 46.0 Å². The van der Waals surface area contributed by atoms with Crippen LogP contribution >= 0.6 is 0 Å². The first-order chi connectivity index (χ1) is 11.7. The minimum absolute atomic E-state index is 0.217. The minimum Gasteiger partial charge on any atom is -0.462 e. The third kappa shape index (κ3) is 4.92. The van der Waals surface area contributed by atoms with Crippen LogP contribution in [0.1, 0.15) is 55.5 Å². The van der Waals surface area contributed by atoms with Crippen LogP contribution in [0.2, 0.25) is 0 Å². The molecule has 0 heterocycles. The molecular formula is C21H25FO2. The number of carbonyl (C=O) groups excluding carboxylic acids is 1. The maximum atomic E-state index is 14.4. The number of esters is 1. The fraction of sp³-hybridized carbons (Fsp3) is 0.381. The molecule has 0 bridgehead atoms. The van der Waals surface area contributed by atoms with Gasteiger partial charge in [0.1, 0.15) is 5.82 Å². The van der Waals surface area contributed by atoms with E-state index in [9.17, 15) is 9.18 Å². The predicted molar refractivity (Wildman–Crippen MR) is 95.6 cm³/mol. The summed E-state index contributed by atoms with van der Waals surface area (Å²) in [6.07, 6.45) is 5.11. The maximum Gasteiger partial charge on any atom is 0.338 e. The van der Waals surface area contributed by atoms with Gasteiger partial charge in [-0.05, 0) is 48.6 Å². The Hall–Kier alpha value is -2.16. The summed E-state index contributed by atoms with van der Waals surface area (Å²) in [4.78, 5) is 11.8. The van der Waals surface area contributed by atoms with E-state index in [1.54, 1.807) is 30.3 Å². The van der Waals surface area contributed by atoms with Gasteiger partial charge in [0.15, 0.2) is 0 Å². The Balaban J connectivity index is 2.09. The summed E-state index contributed by atoms with van der Waals surface area (Å²) in [6, 6.07) is 12.3. The molecule has 2 aromatic carbocycles. The fourth-order valence-electron chi connectivity index (χ4n) is 2.59. The number of hydrogen-bond acceptors (Lipinski definition) is 2. The lowest BCUT2D eigenvalue weighted by Crippen LogP contribution is -2.05. The van der Waals surface area contributed by atoms with E-state index >= 15 is 0 Å². The van der Waals surface area contributed by atoms with E-state index in [-0.39, 0.29) is 11.8 Å². The van der Waals surface area contributed by atoms with Crippen LogP contribution in [-0.2, 0) is 11.2 Å². The van der Waals surface area contributed by atoms with Crippen molar-refractivity contribution < 1.29 is 13.9 Å². The van der Waals surface area contributed by atoms with Crippen molar-refractivity contribution in [1.82, 2.24) is 0 Å². The minimum atomic E-state index is -0.338. The topological polar surface area (TPSA) is 26.3 Å². The highest BCUT2D eigenvalue weighted by atomic mass is 19.1. The number of rotatable bonds is 8. The normalized spacial score (nSPS) is 10.6. The molecule has 3 heteroatoms. The Morgan fingerprint density at radius 2 is 1.75 bits per heavy atom. The van der Waals surface area contributed by atoms with Crippen molar-refractivity contribution >= 4 is 5.97 Å². The quantitative estimate of drug-likeness (QED) is 0.453. The van der Waals surface area contributed by atoms with Crippen molar-refractivity contribution in [3.05, 3.63) is 59.4 Å². The van der Waals surface area contributed by atoms with Gasteiger partial charge in [-0.3, -0.25) is 0 Å². The number of carbonyl (C=O) groups is 1. The van der Waals surface area contributed by atoms with Gasteiger partial charge >= 0.3 is 5.97 Å². The van der Waals surface area contributed by atoms with E-state index in [0.717, 1.165) is 36.8 Å². The molecule has 0 aliphatic carbocycles. The van der Waals surface area contributed by atoms with Gasteiger partial charge in [0.25, 0.3) is 0 Å². The number of hydrogen-bond donors (Lipinski definition) is 0. The van der Waals surface area contributed by atoms with Crippen LogP contribution in [0, 0.1) is 5.82 Å². The monoisotopic (exact) mass is 328 g/mol. The molecule has 0 aliphatic heterocycles. The third-order valence-electron chi connectivity index (χ3n) is 3.97. The molecule has 0 saturated heterocycles. The zero-order chi connectivity index (χ0) is 17.4. The van der Waals surface area contributed by atoms with Gasteiger partial charge in [-0.15, -0.1) is 0 Å². The van der Waals surface area contributed by atoms with Crippen LogP contribution in [0.5, 0.6) is 0 Å². The summed E-state index contributed by atoms with van der Waals surface area (Å²) < 4.78 is 19.5. The number of unbranched alkanes of at least 4 members (excludes halogenated alkanes) is 2. The predicted octanol–water partition coefficient (Wildman–Crippen LogP) is 5.79. The molecule has 0 unspecified atom stereocenters. The molecule has 0 fully saturated rings. The number of ether oxygens (including phenoxy) is 1. The lowest BCUT2D eigenvalue weighted by atomic mass is 9.99. The van der Waals surface area contributed by atoms with E-state index in [0.29, 0.717) is 17.7 Å². The van der Waals surface area contributed by atoms with Gasteiger partial charge in [0.2, 0.25) is 0 Å². The fourth-order valence-corrected chi connectivity index (χ4v) is 2.59. The van der Waals surface area contributed by atoms with E-state index in [4.69, 9.17) is 4.74 Å². The van der Waals surface area contributed by atoms with Crippen LogP contribution in [-0.4, -0.2) is 12.6 Å². The molecule has 24 heavy (non-hydrogen) atoms. The zero-order valence-corrected chi connectivity index (χ0v) is 14.5. The van der Waals surface area contributed by atoms with Crippen LogP contribution in [0.4, 0.5) is 4.39 Å². The van der Waals surface area contributed by atoms with E-state index < -0.39 is 0 Å². The second-order valence-electron chi connectivity index (χ2n) is 5.98. The largest absolute Gasteiger partial charge is 0.462 e. The van der Waals surface area contributed by atoms with E-state index in [2.05, 4.69) is 6.92 Å². The van der Waals surface area contributed by atoms with Gasteiger partial charge < -0.3 is 4.74 Å². The van der Waals surface area contributed by atoms with Gasteiger partial charge in [-0.25, -0.2) is 9.18 Å². The van der Waals surface area contributed by atoms with Crippen molar-refractivity contribution in [2.24, 2.45) is 0 Å². The van der Waals surface area contributed by atoms with E-state index in [1.165, 1.54) is 6.42 Å². The molecule has 2 nitrogen and oxygen atoms in total. The smallest absolute Gasteiger partial charge is 0.338 e. The second kappa shape index (κ2) is 9.21. The highest BCUT2D eigenvalue weighted by Crippen LogP contribution is 2.25. The van der Waals surface area contributed by atoms with Crippen LogP contribution in [0.25, 0.3) is 11.1 Å². The maximum absolute atomic E-state index is 14.4. The highest BCUT2D eigenvalue weighted by Gasteiger charge is 2.09. The molecule has 0 spiro atoms. The lowest BCUT2D eigenvalue weighted by molar-refractivity contribution is 0.0505. The first kappa shape index (κ1) is 18.2. The lowest BCUT2D eigenvalue weighted by Gasteiger charge is -2.08. The summed E-state index contributed by atoms with van der Waals surface area (Å²) in [5.74, 6) is -0.555. The number of benzene rings is 2. The Morgan fingerprint density at radius 1 is 1.00 bits per heavy atom. The van der Waals surface area contributed by atoms with E-state index in [1.807, 2.05) is 19.1 Å². The van der Waals surface area contributed by atoms with Gasteiger partial charge in [-0.2, -0.15) is 0 Å². The van der Waals surface area contributed by atoms with Crippen molar-refractivity contribution in [1.29, 1.82) is 0 Å². The Bertz CT molecular complexity index is 662. The molecule has 128 valence electrons. The summed E-state index contributed by atoms with van der Waals surface area (Å²) in [5.41, 5.74) is 2.84. The molecule has 0 aliphatic rings. The molecule has 2 aromatic rings. The van der Waals surface area contributed by atoms with Crippen LogP contribution in [0.15, 0.2) is 42.5 Å². The average molecular weight is 328 g/mol. The van der Waals surface area contributed by atoms with Crippen LogP contribution in [0.3, 0.4) is 0 Å². The van der Waals surface area contributed by atoms with Crippen molar-refractivity contribution in [3.8, 4) is 11.1 Å². The SMILES string of the molecule is CCCCCc1ccc(-c2ccc(C(=O)OCCC)cc2)c(F)c1. The van der Waals surface area contributed by atoms with Gasteiger partial charge in [0.05, 0.1) is 12.2 Å². The molecule has 0 N–H and O–H groups in total. The third-order valence-corrected chi connectivity index (χ3v) is 3.97. The molecule has 0 radical (unpaired) electrons. The Labute approximate surface area is 143 Å². The highest BCUT2D eigenvalue weighted by molar-refractivity contribution is 5.90. The molecule has 0 aromatic heterocycles. The van der Waals surface area contributed by atoms with Crippen molar-refractivity contribution in [2.75, 3.05) is 6.61 Å². The first-order valence-electron chi connectivity index (χ1n) is 8.71. The van der Waals surface area contributed by atoms with Gasteiger partial charge in [-0.1, -0.05) is 51.0 Å².